The maximum atomic E-state index is 11.5. The number of hydrogen-bond acceptors (Lipinski definition) is 6. The molecule has 18 heavy (non-hydrogen) atoms. The summed E-state index contributed by atoms with van der Waals surface area (Å²) < 4.78 is 5.98. The molecule has 2 heterocycles. The van der Waals surface area contributed by atoms with Crippen molar-refractivity contribution in [2.45, 2.75) is 24.5 Å². The highest BCUT2D eigenvalue weighted by molar-refractivity contribution is 6.30. The summed E-state index contributed by atoms with van der Waals surface area (Å²) in [5, 5.41) is 27.9. The molecule has 4 atom stereocenters. The van der Waals surface area contributed by atoms with E-state index in [0.717, 1.165) is 10.8 Å². The van der Waals surface area contributed by atoms with Gasteiger partial charge in [-0.25, -0.2) is 4.79 Å². The molecule has 100 valence electrons. The first-order valence-electron chi connectivity index (χ1n) is 5.09. The summed E-state index contributed by atoms with van der Waals surface area (Å²) in [7, 11) is 0. The first-order valence-corrected chi connectivity index (χ1v) is 5.47. The highest BCUT2D eigenvalue weighted by Gasteiger charge is 2.43. The average molecular weight is 279 g/mol. The summed E-state index contributed by atoms with van der Waals surface area (Å²) in [4.78, 5) is 24.6. The van der Waals surface area contributed by atoms with E-state index >= 15 is 0 Å². The van der Waals surface area contributed by atoms with E-state index in [2.05, 4.69) is 0 Å². The zero-order chi connectivity index (χ0) is 13.4. The lowest BCUT2D eigenvalue weighted by atomic mass is 10.1. The van der Waals surface area contributed by atoms with Crippen molar-refractivity contribution in [2.75, 3.05) is 6.61 Å². The van der Waals surface area contributed by atoms with Crippen molar-refractivity contribution in [1.82, 2.24) is 9.55 Å². The van der Waals surface area contributed by atoms with Gasteiger partial charge in [0, 0.05) is 6.20 Å². The number of nitrogens with one attached hydrogen (secondary N) is 1. The van der Waals surface area contributed by atoms with Crippen molar-refractivity contribution in [2.24, 2.45) is 0 Å². The van der Waals surface area contributed by atoms with E-state index in [1.54, 1.807) is 0 Å². The maximum Gasteiger partial charge on any atom is 0.330 e. The quantitative estimate of drug-likeness (QED) is 0.487. The molecule has 0 amide bonds. The molecule has 0 radical (unpaired) electrons. The molecule has 1 aromatic heterocycles. The van der Waals surface area contributed by atoms with Crippen molar-refractivity contribution < 1.29 is 20.1 Å². The second kappa shape index (κ2) is 4.82. The number of halogens is 1. The van der Waals surface area contributed by atoms with Gasteiger partial charge >= 0.3 is 5.69 Å². The van der Waals surface area contributed by atoms with Gasteiger partial charge in [-0.2, -0.15) is 0 Å². The third-order valence-corrected chi connectivity index (χ3v) is 2.98. The molecule has 1 aliphatic rings. The highest BCUT2D eigenvalue weighted by Crippen LogP contribution is 2.28. The summed E-state index contributed by atoms with van der Waals surface area (Å²) >= 11 is 5.57. The van der Waals surface area contributed by atoms with Crippen LogP contribution in [0, 0.1) is 0 Å². The summed E-state index contributed by atoms with van der Waals surface area (Å²) in [6.45, 7) is -0.513. The van der Waals surface area contributed by atoms with E-state index in [0.29, 0.717) is 0 Å². The van der Waals surface area contributed by atoms with Crippen LogP contribution in [0.3, 0.4) is 0 Å². The Hall–Kier alpha value is -1.19. The van der Waals surface area contributed by atoms with Crippen LogP contribution >= 0.6 is 11.6 Å². The Labute approximate surface area is 105 Å². The van der Waals surface area contributed by atoms with Crippen LogP contribution in [0.2, 0.25) is 5.02 Å². The number of hydrogen-bond donors (Lipinski definition) is 4. The summed E-state index contributed by atoms with van der Waals surface area (Å²) in [6.07, 6.45) is -3.98. The van der Waals surface area contributed by atoms with Gasteiger partial charge in [0.05, 0.1) is 6.61 Å². The van der Waals surface area contributed by atoms with E-state index in [1.807, 2.05) is 4.98 Å². The van der Waals surface area contributed by atoms with E-state index < -0.39 is 42.4 Å². The molecule has 1 aromatic rings. The number of rotatable bonds is 2. The zero-order valence-electron chi connectivity index (χ0n) is 8.99. The first kappa shape index (κ1) is 13.2. The number of H-pyrrole nitrogens is 1. The van der Waals surface area contributed by atoms with Gasteiger partial charge in [-0.3, -0.25) is 14.3 Å². The number of aromatic amines is 1. The van der Waals surface area contributed by atoms with Gasteiger partial charge in [0.25, 0.3) is 5.56 Å². The van der Waals surface area contributed by atoms with Crippen LogP contribution in [0.1, 0.15) is 6.23 Å². The van der Waals surface area contributed by atoms with Gasteiger partial charge in [-0.15, -0.1) is 0 Å². The Morgan fingerprint density at radius 2 is 2.06 bits per heavy atom. The van der Waals surface area contributed by atoms with Gasteiger partial charge in [0.1, 0.15) is 23.3 Å². The predicted octanol–water partition coefficient (Wildman–Crippen LogP) is -2.20. The zero-order valence-corrected chi connectivity index (χ0v) is 9.74. The smallest absolute Gasteiger partial charge is 0.330 e. The van der Waals surface area contributed by atoms with Crippen LogP contribution in [0.15, 0.2) is 15.8 Å². The molecule has 0 aliphatic carbocycles. The summed E-state index contributed by atoms with van der Waals surface area (Å²) in [6, 6.07) is 0. The third kappa shape index (κ3) is 2.08. The van der Waals surface area contributed by atoms with Crippen LogP contribution < -0.4 is 11.2 Å². The molecule has 0 unspecified atom stereocenters. The number of aliphatic hydroxyl groups excluding tert-OH is 3. The SMILES string of the molecule is O=c1[nH]c(=O)n([C@H]2O[C@@H](CO)[C@H](O)[C@H]2O)cc1Cl. The molecular formula is C9H11ClN2O6. The molecule has 0 aromatic carbocycles. The highest BCUT2D eigenvalue weighted by atomic mass is 35.5. The molecule has 0 spiro atoms. The second-order valence-electron chi connectivity index (χ2n) is 3.87. The Bertz CT molecular complexity index is 555. The van der Waals surface area contributed by atoms with Crippen molar-refractivity contribution >= 4 is 11.6 Å². The van der Waals surface area contributed by atoms with E-state index in [-0.39, 0.29) is 5.02 Å². The second-order valence-corrected chi connectivity index (χ2v) is 4.28. The van der Waals surface area contributed by atoms with Gasteiger partial charge in [0.2, 0.25) is 0 Å². The maximum absolute atomic E-state index is 11.5. The van der Waals surface area contributed by atoms with Crippen LogP contribution in [0.4, 0.5) is 0 Å². The minimum absolute atomic E-state index is 0.257. The Morgan fingerprint density at radius 3 is 2.61 bits per heavy atom. The lowest BCUT2D eigenvalue weighted by Gasteiger charge is -2.17. The monoisotopic (exact) mass is 278 g/mol. The van der Waals surface area contributed by atoms with Gasteiger partial charge < -0.3 is 20.1 Å². The number of aromatic nitrogens is 2. The standard InChI is InChI=1S/C9H11ClN2O6/c10-3-1-12(9(17)11-7(3)16)8-6(15)5(14)4(2-13)18-8/h1,4-6,8,13-15H,2H2,(H,11,16,17)/t4-,5-,6+,8-/m0/s1. The fourth-order valence-corrected chi connectivity index (χ4v) is 1.91. The van der Waals surface area contributed by atoms with Crippen molar-refractivity contribution in [3.05, 3.63) is 32.1 Å². The molecule has 4 N–H and O–H groups in total. The fourth-order valence-electron chi connectivity index (χ4n) is 1.76. The van der Waals surface area contributed by atoms with E-state index in [4.69, 9.17) is 21.4 Å². The Morgan fingerprint density at radius 1 is 1.39 bits per heavy atom. The third-order valence-electron chi connectivity index (χ3n) is 2.72. The molecule has 0 bridgehead atoms. The lowest BCUT2D eigenvalue weighted by Crippen LogP contribution is -2.38. The molecule has 8 nitrogen and oxygen atoms in total. The largest absolute Gasteiger partial charge is 0.394 e. The van der Waals surface area contributed by atoms with Crippen LogP contribution in [0.25, 0.3) is 0 Å². The van der Waals surface area contributed by atoms with Crippen molar-refractivity contribution in [1.29, 1.82) is 0 Å². The number of ether oxygens (including phenoxy) is 1. The summed E-state index contributed by atoms with van der Waals surface area (Å²) in [5.41, 5.74) is -1.59. The predicted molar refractivity (Wildman–Crippen MR) is 59.3 cm³/mol. The molecule has 0 saturated carbocycles. The van der Waals surface area contributed by atoms with Crippen molar-refractivity contribution in [3.63, 3.8) is 0 Å². The molecule has 1 saturated heterocycles. The van der Waals surface area contributed by atoms with Gasteiger partial charge in [0.15, 0.2) is 6.23 Å². The van der Waals surface area contributed by atoms with E-state index in [9.17, 15) is 19.8 Å². The minimum atomic E-state index is -1.41. The molecule has 1 fully saturated rings. The Balaban J connectivity index is 2.42. The Kier molecular flexibility index (Phi) is 3.55. The fraction of sp³-hybridized carbons (Fsp3) is 0.556. The number of nitrogens with zero attached hydrogens (tertiary/aromatic N) is 1. The molecule has 9 heteroatoms. The molecule has 2 rings (SSSR count). The van der Waals surface area contributed by atoms with Gasteiger partial charge in [-0.1, -0.05) is 11.6 Å². The normalized spacial score (nSPS) is 31.8. The van der Waals surface area contributed by atoms with E-state index in [1.165, 1.54) is 0 Å². The summed E-state index contributed by atoms with van der Waals surface area (Å²) in [5.74, 6) is 0. The first-order chi connectivity index (χ1) is 8.45. The lowest BCUT2D eigenvalue weighted by molar-refractivity contribution is -0.0550. The van der Waals surface area contributed by atoms with Gasteiger partial charge in [-0.05, 0) is 0 Å². The topological polar surface area (TPSA) is 125 Å². The van der Waals surface area contributed by atoms with Crippen LogP contribution in [-0.2, 0) is 4.74 Å². The van der Waals surface area contributed by atoms with Crippen molar-refractivity contribution in [3.8, 4) is 0 Å². The number of aliphatic hydroxyl groups is 3. The van der Waals surface area contributed by atoms with Crippen LogP contribution in [0.5, 0.6) is 0 Å². The molecular weight excluding hydrogens is 268 g/mol. The molecule has 1 aliphatic heterocycles. The minimum Gasteiger partial charge on any atom is -0.394 e. The average Bonchev–Trinajstić information content (AvgIpc) is 2.61. The van der Waals surface area contributed by atoms with Crippen LogP contribution in [-0.4, -0.2) is 49.8 Å².